The summed E-state index contributed by atoms with van der Waals surface area (Å²) >= 11 is 0. The quantitative estimate of drug-likeness (QED) is 0.844. The van der Waals surface area contributed by atoms with Crippen LogP contribution in [0.15, 0.2) is 0 Å². The summed E-state index contributed by atoms with van der Waals surface area (Å²) in [5.74, 6) is -0.160. The van der Waals surface area contributed by atoms with Gasteiger partial charge in [0.05, 0.1) is 23.9 Å². The van der Waals surface area contributed by atoms with Gasteiger partial charge in [0.2, 0.25) is 0 Å². The summed E-state index contributed by atoms with van der Waals surface area (Å²) in [5, 5.41) is 13.2. The molecule has 0 unspecified atom stereocenters. The molecule has 2 fully saturated rings. The molecule has 1 saturated carbocycles. The van der Waals surface area contributed by atoms with E-state index in [1.165, 1.54) is 19.3 Å². The minimum Gasteiger partial charge on any atom is -0.373 e. The first kappa shape index (κ1) is 12.6. The summed E-state index contributed by atoms with van der Waals surface area (Å²) in [6.07, 6.45) is 6.97. The van der Waals surface area contributed by atoms with Gasteiger partial charge in [0.15, 0.2) is 5.69 Å². The highest BCUT2D eigenvalue weighted by atomic mass is 16.5. The molecule has 0 radical (unpaired) electrons. The Morgan fingerprint density at radius 1 is 1.37 bits per heavy atom. The van der Waals surface area contributed by atoms with Crippen molar-refractivity contribution >= 4 is 5.91 Å². The average Bonchev–Trinajstić information content (AvgIpc) is 2.98. The maximum absolute atomic E-state index is 12.1. The second kappa shape index (κ2) is 4.92. The third-order valence-corrected chi connectivity index (χ3v) is 4.25. The van der Waals surface area contributed by atoms with Crippen LogP contribution in [0.4, 0.5) is 0 Å². The third kappa shape index (κ3) is 2.49. The van der Waals surface area contributed by atoms with Crippen LogP contribution >= 0.6 is 0 Å². The second-order valence-electron chi connectivity index (χ2n) is 5.69. The number of carbonyl (C=O) groups excluding carboxylic acids is 1. The zero-order chi connectivity index (χ0) is 13.3. The van der Waals surface area contributed by atoms with E-state index < -0.39 is 0 Å². The number of amides is 1. The van der Waals surface area contributed by atoms with Crippen molar-refractivity contribution in [2.24, 2.45) is 0 Å². The van der Waals surface area contributed by atoms with Crippen molar-refractivity contribution in [3.63, 3.8) is 0 Å². The number of carbonyl (C=O) groups is 1. The number of nitrogens with one attached hydrogen (secondary N) is 2. The number of hydrogen-bond acceptors (Lipinski definition) is 4. The van der Waals surface area contributed by atoms with Crippen LogP contribution in [0.5, 0.6) is 0 Å². The highest BCUT2D eigenvalue weighted by molar-refractivity contribution is 5.93. The summed E-state index contributed by atoms with van der Waals surface area (Å²) in [5.41, 5.74) is 1.03. The van der Waals surface area contributed by atoms with Crippen LogP contribution in [0.25, 0.3) is 0 Å². The molecule has 6 heteroatoms. The van der Waals surface area contributed by atoms with Crippen molar-refractivity contribution in [2.75, 3.05) is 6.61 Å². The van der Waals surface area contributed by atoms with Crippen LogP contribution in [0, 0.1) is 6.92 Å². The molecule has 2 aliphatic rings. The molecule has 0 bridgehead atoms. The van der Waals surface area contributed by atoms with Gasteiger partial charge in [0.1, 0.15) is 0 Å². The SMILES string of the molecule is Cc1n[nH]nc1C(=O)N[C@@H]1COC2(CCCCC2)C1. The Balaban J connectivity index is 1.60. The van der Waals surface area contributed by atoms with E-state index in [0.717, 1.165) is 19.3 Å². The molecule has 1 aliphatic heterocycles. The van der Waals surface area contributed by atoms with Gasteiger partial charge in [-0.3, -0.25) is 4.79 Å². The number of hydrogen-bond donors (Lipinski definition) is 2. The molecule has 1 aliphatic carbocycles. The largest absolute Gasteiger partial charge is 0.373 e. The molecule has 6 nitrogen and oxygen atoms in total. The third-order valence-electron chi connectivity index (χ3n) is 4.25. The zero-order valence-corrected chi connectivity index (χ0v) is 11.2. The van der Waals surface area contributed by atoms with Crippen molar-refractivity contribution in [3.8, 4) is 0 Å². The fourth-order valence-corrected chi connectivity index (χ4v) is 3.23. The standard InChI is InChI=1S/C13H20N4O2/c1-9-11(16-17-15-9)12(18)14-10-7-13(19-8-10)5-3-2-4-6-13/h10H,2-8H2,1H3,(H,14,18)(H,15,16,17)/t10-/m0/s1. The normalized spacial score (nSPS) is 25.6. The van der Waals surface area contributed by atoms with Crippen LogP contribution in [-0.2, 0) is 4.74 Å². The van der Waals surface area contributed by atoms with E-state index in [2.05, 4.69) is 20.7 Å². The lowest BCUT2D eigenvalue weighted by Gasteiger charge is -2.32. The smallest absolute Gasteiger partial charge is 0.274 e. The highest BCUT2D eigenvalue weighted by Gasteiger charge is 2.41. The Morgan fingerprint density at radius 3 is 2.84 bits per heavy atom. The Morgan fingerprint density at radius 2 is 2.16 bits per heavy atom. The van der Waals surface area contributed by atoms with Gasteiger partial charge in [0, 0.05) is 0 Å². The number of rotatable bonds is 2. The number of H-pyrrole nitrogens is 1. The van der Waals surface area contributed by atoms with Crippen molar-refractivity contribution in [2.45, 2.75) is 57.1 Å². The molecule has 3 rings (SSSR count). The predicted molar refractivity (Wildman–Crippen MR) is 68.8 cm³/mol. The van der Waals surface area contributed by atoms with Crippen molar-refractivity contribution in [3.05, 3.63) is 11.4 Å². The molecular formula is C13H20N4O2. The Kier molecular flexibility index (Phi) is 3.26. The summed E-state index contributed by atoms with van der Waals surface area (Å²) in [6.45, 7) is 2.38. The molecule has 1 aromatic heterocycles. The first-order chi connectivity index (χ1) is 9.19. The Labute approximate surface area is 112 Å². The molecular weight excluding hydrogens is 244 g/mol. The van der Waals surface area contributed by atoms with Crippen LogP contribution in [0.3, 0.4) is 0 Å². The molecule has 1 amide bonds. The summed E-state index contributed by atoms with van der Waals surface area (Å²) < 4.78 is 5.98. The van der Waals surface area contributed by atoms with Gasteiger partial charge in [0.25, 0.3) is 5.91 Å². The van der Waals surface area contributed by atoms with Gasteiger partial charge in [-0.2, -0.15) is 15.4 Å². The first-order valence-electron chi connectivity index (χ1n) is 7.01. The molecule has 1 saturated heterocycles. The number of ether oxygens (including phenoxy) is 1. The summed E-state index contributed by atoms with van der Waals surface area (Å²) in [7, 11) is 0. The summed E-state index contributed by atoms with van der Waals surface area (Å²) in [6, 6.07) is 0.0988. The van der Waals surface area contributed by atoms with Crippen molar-refractivity contribution < 1.29 is 9.53 Å². The molecule has 1 aromatic rings. The van der Waals surface area contributed by atoms with Gasteiger partial charge >= 0.3 is 0 Å². The first-order valence-corrected chi connectivity index (χ1v) is 7.01. The van der Waals surface area contributed by atoms with Gasteiger partial charge in [-0.25, -0.2) is 0 Å². The molecule has 19 heavy (non-hydrogen) atoms. The van der Waals surface area contributed by atoms with E-state index in [1.54, 1.807) is 6.92 Å². The van der Waals surface area contributed by atoms with E-state index in [1.807, 2.05) is 0 Å². The Bertz CT molecular complexity index is 465. The van der Waals surface area contributed by atoms with Gasteiger partial charge in [-0.1, -0.05) is 19.3 Å². The monoisotopic (exact) mass is 264 g/mol. The minimum absolute atomic E-state index is 0.0229. The second-order valence-corrected chi connectivity index (χ2v) is 5.69. The van der Waals surface area contributed by atoms with Crippen molar-refractivity contribution in [1.29, 1.82) is 0 Å². The maximum Gasteiger partial charge on any atom is 0.274 e. The molecule has 2 N–H and O–H groups in total. The minimum atomic E-state index is -0.160. The fraction of sp³-hybridized carbons (Fsp3) is 0.769. The van der Waals surface area contributed by atoms with Gasteiger partial charge < -0.3 is 10.1 Å². The molecule has 1 atom stereocenters. The topological polar surface area (TPSA) is 79.9 Å². The zero-order valence-electron chi connectivity index (χ0n) is 11.2. The van der Waals surface area contributed by atoms with E-state index in [-0.39, 0.29) is 17.6 Å². The Hall–Kier alpha value is -1.43. The lowest BCUT2D eigenvalue weighted by Crippen LogP contribution is -2.37. The lowest BCUT2D eigenvalue weighted by atomic mass is 9.82. The van der Waals surface area contributed by atoms with E-state index >= 15 is 0 Å². The number of aromatic amines is 1. The van der Waals surface area contributed by atoms with Crippen LogP contribution < -0.4 is 5.32 Å². The van der Waals surface area contributed by atoms with Crippen molar-refractivity contribution in [1.82, 2.24) is 20.7 Å². The lowest BCUT2D eigenvalue weighted by molar-refractivity contribution is -0.0246. The van der Waals surface area contributed by atoms with Crippen LogP contribution in [0.2, 0.25) is 0 Å². The van der Waals surface area contributed by atoms with Gasteiger partial charge in [-0.05, 0) is 26.2 Å². The number of aromatic nitrogens is 3. The van der Waals surface area contributed by atoms with Crippen LogP contribution in [0.1, 0.15) is 54.7 Å². The van der Waals surface area contributed by atoms with Gasteiger partial charge in [-0.15, -0.1) is 0 Å². The maximum atomic E-state index is 12.1. The van der Waals surface area contributed by atoms with Crippen LogP contribution in [-0.4, -0.2) is 39.6 Å². The number of nitrogens with zero attached hydrogens (tertiary/aromatic N) is 2. The predicted octanol–water partition coefficient (Wildman–Crippen LogP) is 1.33. The van der Waals surface area contributed by atoms with E-state index in [4.69, 9.17) is 4.74 Å². The molecule has 0 aromatic carbocycles. The molecule has 104 valence electrons. The molecule has 1 spiro atoms. The van der Waals surface area contributed by atoms with E-state index in [9.17, 15) is 4.79 Å². The molecule has 2 heterocycles. The number of aryl methyl sites for hydroxylation is 1. The highest BCUT2D eigenvalue weighted by Crippen LogP contribution is 2.39. The fourth-order valence-electron chi connectivity index (χ4n) is 3.23. The average molecular weight is 264 g/mol. The summed E-state index contributed by atoms with van der Waals surface area (Å²) in [4.78, 5) is 12.1. The van der Waals surface area contributed by atoms with E-state index in [0.29, 0.717) is 18.0 Å².